The van der Waals surface area contributed by atoms with Crippen molar-refractivity contribution < 1.29 is 18.3 Å². The number of hydrogen-bond acceptors (Lipinski definition) is 5. The van der Waals surface area contributed by atoms with Gasteiger partial charge < -0.3 is 5.11 Å². The van der Waals surface area contributed by atoms with E-state index in [-0.39, 0.29) is 22.4 Å². The maximum atomic E-state index is 13.3. The number of halogens is 2. The number of piperidine rings is 1. The van der Waals surface area contributed by atoms with Crippen LogP contribution in [0.2, 0.25) is 10.0 Å². The van der Waals surface area contributed by atoms with Gasteiger partial charge in [0.15, 0.2) is 0 Å². The van der Waals surface area contributed by atoms with Crippen LogP contribution >= 0.6 is 23.2 Å². The van der Waals surface area contributed by atoms with Crippen molar-refractivity contribution in [1.82, 2.24) is 15.2 Å². The van der Waals surface area contributed by atoms with Gasteiger partial charge in [-0.25, -0.2) is 13.2 Å². The van der Waals surface area contributed by atoms with Gasteiger partial charge in [-0.15, -0.1) is 0 Å². The first-order valence-electron chi connectivity index (χ1n) is 14.6. The van der Waals surface area contributed by atoms with Gasteiger partial charge in [0.1, 0.15) is 0 Å². The number of hydrogen-bond donors (Lipinski definition) is 3. The lowest BCUT2D eigenvalue weighted by Crippen LogP contribution is -2.46. The smallest absolute Gasteiger partial charge is 0.335 e. The highest BCUT2D eigenvalue weighted by atomic mass is 35.5. The number of nitrogens with one attached hydrogen (secondary N) is 2. The first kappa shape index (κ1) is 29.6. The average molecular weight is 629 g/mol. The molecule has 1 saturated carbocycles. The first-order chi connectivity index (χ1) is 20.2. The number of aromatic carboxylic acids is 1. The number of hydrazine groups is 1. The van der Waals surface area contributed by atoms with Gasteiger partial charge in [0.25, 0.3) is 0 Å². The molecular weight excluding hydrogens is 593 g/mol. The molecule has 2 heterocycles. The molecule has 0 spiro atoms. The third-order valence-electron chi connectivity index (χ3n) is 9.51. The van der Waals surface area contributed by atoms with Crippen LogP contribution in [0.1, 0.15) is 59.5 Å². The number of carbonyl (C=O) groups is 1. The van der Waals surface area contributed by atoms with E-state index in [1.807, 2.05) is 24.3 Å². The summed E-state index contributed by atoms with van der Waals surface area (Å²) in [6.07, 6.45) is 4.81. The predicted octanol–water partition coefficient (Wildman–Crippen LogP) is 6.19. The highest BCUT2D eigenvalue weighted by molar-refractivity contribution is 7.89. The van der Waals surface area contributed by atoms with E-state index >= 15 is 0 Å². The number of sulfonamides is 1. The molecule has 3 aromatic rings. The maximum absolute atomic E-state index is 13.3. The van der Waals surface area contributed by atoms with Crippen LogP contribution in [0.5, 0.6) is 0 Å². The van der Waals surface area contributed by atoms with E-state index in [1.54, 1.807) is 4.31 Å². The summed E-state index contributed by atoms with van der Waals surface area (Å²) in [5, 5.41) is 10.6. The molecule has 3 aromatic carbocycles. The molecule has 0 amide bonds. The Kier molecular flexibility index (Phi) is 8.65. The van der Waals surface area contributed by atoms with E-state index in [4.69, 9.17) is 28.3 Å². The zero-order valence-electron chi connectivity index (χ0n) is 23.1. The molecule has 1 aliphatic carbocycles. The summed E-state index contributed by atoms with van der Waals surface area (Å²) in [4.78, 5) is 11.3. The SMILES string of the molecule is O=C(O)c1ccc(S(=O)(=O)N2CCC(C3NNC4CCC(C(c5ccc(Cl)cc5)c5ccc(Cl)cc5)CC43)CC2)cc1. The fourth-order valence-electron chi connectivity index (χ4n) is 7.37. The summed E-state index contributed by atoms with van der Waals surface area (Å²) >= 11 is 12.5. The molecule has 0 bridgehead atoms. The predicted molar refractivity (Wildman–Crippen MR) is 164 cm³/mol. The third-order valence-corrected chi connectivity index (χ3v) is 11.9. The van der Waals surface area contributed by atoms with Crippen LogP contribution in [-0.4, -0.2) is 49.0 Å². The van der Waals surface area contributed by atoms with Crippen LogP contribution in [0.25, 0.3) is 0 Å². The normalized spacial score (nSPS) is 25.4. The second kappa shape index (κ2) is 12.3. The summed E-state index contributed by atoms with van der Waals surface area (Å²) in [5.74, 6) is 0.417. The van der Waals surface area contributed by atoms with Gasteiger partial charge in [-0.05, 0) is 110 Å². The molecule has 0 radical (unpaired) electrons. The van der Waals surface area contributed by atoms with Crippen molar-refractivity contribution in [3.8, 4) is 0 Å². The molecule has 6 rings (SSSR count). The van der Waals surface area contributed by atoms with Crippen LogP contribution in [0.15, 0.2) is 77.7 Å². The van der Waals surface area contributed by atoms with Crippen LogP contribution in [0, 0.1) is 17.8 Å². The molecule has 222 valence electrons. The minimum absolute atomic E-state index is 0.0715. The van der Waals surface area contributed by atoms with E-state index < -0.39 is 16.0 Å². The van der Waals surface area contributed by atoms with E-state index in [1.165, 1.54) is 35.4 Å². The van der Waals surface area contributed by atoms with Gasteiger partial charge in [-0.1, -0.05) is 47.5 Å². The lowest BCUT2D eigenvalue weighted by Gasteiger charge is -2.41. The molecule has 3 fully saturated rings. The number of benzene rings is 3. The zero-order valence-corrected chi connectivity index (χ0v) is 25.5. The number of carboxylic acids is 1. The van der Waals surface area contributed by atoms with Crippen LogP contribution in [0.4, 0.5) is 0 Å². The van der Waals surface area contributed by atoms with Gasteiger partial charge in [-0.2, -0.15) is 4.31 Å². The number of nitrogens with zero attached hydrogens (tertiary/aromatic N) is 1. The van der Waals surface area contributed by atoms with Crippen LogP contribution in [-0.2, 0) is 10.0 Å². The Balaban J connectivity index is 1.16. The van der Waals surface area contributed by atoms with Crippen molar-refractivity contribution in [2.75, 3.05) is 13.1 Å². The minimum atomic E-state index is -3.68. The monoisotopic (exact) mass is 627 g/mol. The summed E-state index contributed by atoms with van der Waals surface area (Å²) in [6, 6.07) is 22.6. The second-order valence-corrected chi connectivity index (χ2v) is 14.6. The lowest BCUT2D eigenvalue weighted by atomic mass is 9.66. The highest BCUT2D eigenvalue weighted by Crippen LogP contribution is 2.46. The van der Waals surface area contributed by atoms with Crippen molar-refractivity contribution in [2.24, 2.45) is 17.8 Å². The Bertz CT molecular complexity index is 1460. The number of rotatable bonds is 7. The number of carboxylic acid groups (broad SMARTS) is 1. The summed E-state index contributed by atoms with van der Waals surface area (Å²) in [7, 11) is -3.68. The van der Waals surface area contributed by atoms with E-state index in [9.17, 15) is 13.2 Å². The Morgan fingerprint density at radius 2 is 1.38 bits per heavy atom. The molecule has 2 saturated heterocycles. The molecule has 4 unspecified atom stereocenters. The van der Waals surface area contributed by atoms with Gasteiger partial charge in [-0.3, -0.25) is 10.9 Å². The Hall–Kier alpha value is -2.46. The molecule has 2 aliphatic heterocycles. The van der Waals surface area contributed by atoms with Crippen molar-refractivity contribution in [3.05, 3.63) is 99.5 Å². The quantitative estimate of drug-likeness (QED) is 0.289. The summed E-state index contributed by atoms with van der Waals surface area (Å²) < 4.78 is 28.1. The Labute approximate surface area is 257 Å². The van der Waals surface area contributed by atoms with E-state index in [2.05, 4.69) is 35.1 Å². The summed E-state index contributed by atoms with van der Waals surface area (Å²) in [5.41, 5.74) is 9.78. The maximum Gasteiger partial charge on any atom is 0.335 e. The molecule has 3 N–H and O–H groups in total. The van der Waals surface area contributed by atoms with Gasteiger partial charge in [0, 0.05) is 41.1 Å². The Morgan fingerprint density at radius 1 is 0.810 bits per heavy atom. The molecule has 42 heavy (non-hydrogen) atoms. The molecular formula is C32H35Cl2N3O4S. The van der Waals surface area contributed by atoms with Crippen LogP contribution in [0.3, 0.4) is 0 Å². The second-order valence-electron chi connectivity index (χ2n) is 11.8. The van der Waals surface area contributed by atoms with Gasteiger partial charge in [0.2, 0.25) is 10.0 Å². The molecule has 3 aliphatic rings. The van der Waals surface area contributed by atoms with Crippen LogP contribution < -0.4 is 10.9 Å². The largest absolute Gasteiger partial charge is 0.478 e. The third kappa shape index (κ3) is 5.98. The van der Waals surface area contributed by atoms with Gasteiger partial charge >= 0.3 is 5.97 Å². The molecule has 7 nitrogen and oxygen atoms in total. The van der Waals surface area contributed by atoms with E-state index in [0.29, 0.717) is 36.9 Å². The Morgan fingerprint density at radius 3 is 1.93 bits per heavy atom. The molecule has 0 aromatic heterocycles. The van der Waals surface area contributed by atoms with Crippen molar-refractivity contribution in [2.45, 2.75) is 55.0 Å². The fraction of sp³-hybridized carbons (Fsp3) is 0.406. The lowest BCUT2D eigenvalue weighted by molar-refractivity contribution is 0.0696. The van der Waals surface area contributed by atoms with Gasteiger partial charge in [0.05, 0.1) is 10.5 Å². The molecule has 10 heteroatoms. The van der Waals surface area contributed by atoms with Crippen molar-refractivity contribution in [1.29, 1.82) is 0 Å². The van der Waals surface area contributed by atoms with Crippen molar-refractivity contribution in [3.63, 3.8) is 0 Å². The topological polar surface area (TPSA) is 98.7 Å². The standard InChI is InChI=1S/C32H35Cl2N3O4S/c33-25-8-1-20(2-9-25)30(21-3-10-26(34)11-4-21)24-7-14-29-28(19-24)31(36-35-29)22-15-17-37(18-16-22)42(40,41)27-12-5-23(6-13-27)32(38)39/h1-6,8-13,22,24,28-31,35-36H,7,14-19H2,(H,38,39). The first-order valence-corrected chi connectivity index (χ1v) is 16.8. The van der Waals surface area contributed by atoms with E-state index in [0.717, 1.165) is 42.1 Å². The fourth-order valence-corrected chi connectivity index (χ4v) is 9.09. The number of fused-ring (bicyclic) bond motifs is 1. The highest BCUT2D eigenvalue weighted by Gasteiger charge is 2.46. The van der Waals surface area contributed by atoms with Crippen molar-refractivity contribution >= 4 is 39.2 Å². The molecule has 4 atom stereocenters. The zero-order chi connectivity index (χ0) is 29.4. The minimum Gasteiger partial charge on any atom is -0.478 e. The average Bonchev–Trinajstić information content (AvgIpc) is 3.43. The summed E-state index contributed by atoms with van der Waals surface area (Å²) in [6.45, 7) is 0.899.